The Balaban J connectivity index is 0.000000107. The summed E-state index contributed by atoms with van der Waals surface area (Å²) in [6.45, 7) is 9.02. The number of aromatic nitrogens is 1. The Morgan fingerprint density at radius 2 is 1.02 bits per heavy atom. The van der Waals surface area contributed by atoms with Gasteiger partial charge in [0.1, 0.15) is 0 Å². The van der Waals surface area contributed by atoms with Gasteiger partial charge >= 0.3 is 0 Å². The maximum atomic E-state index is 2.32. The highest BCUT2D eigenvalue weighted by atomic mass is 32.1. The van der Waals surface area contributed by atoms with Gasteiger partial charge in [-0.25, -0.2) is 0 Å². The Labute approximate surface area is 264 Å². The number of nitrogens with zero attached hydrogens (tertiary/aromatic N) is 1. The molecule has 9 rings (SSSR count). The van der Waals surface area contributed by atoms with Gasteiger partial charge in [0, 0.05) is 54.4 Å². The van der Waals surface area contributed by atoms with E-state index in [1.54, 1.807) is 0 Å². The van der Waals surface area contributed by atoms with E-state index < -0.39 is 0 Å². The third-order valence-corrected chi connectivity index (χ3v) is 10.4. The fourth-order valence-corrected chi connectivity index (χ4v) is 8.19. The van der Waals surface area contributed by atoms with Gasteiger partial charge in [0.2, 0.25) is 0 Å². The number of hydrogen-bond donors (Lipinski definition) is 0. The lowest BCUT2D eigenvalue weighted by Gasteiger charge is -2.21. The van der Waals surface area contributed by atoms with Crippen LogP contribution in [0.25, 0.3) is 53.1 Å². The molecular formula is C42H37NS. The molecule has 0 aliphatic heterocycles. The van der Waals surface area contributed by atoms with E-state index >= 15 is 0 Å². The van der Waals surface area contributed by atoms with E-state index in [0.717, 1.165) is 0 Å². The second kappa shape index (κ2) is 11.1. The largest absolute Gasteiger partial charge is 0.344 e. The molecule has 0 unspecified atom stereocenters. The van der Waals surface area contributed by atoms with Gasteiger partial charge in [-0.3, -0.25) is 0 Å². The Hall–Kier alpha value is -4.66. The summed E-state index contributed by atoms with van der Waals surface area (Å²) >= 11 is 1.88. The van der Waals surface area contributed by atoms with Crippen LogP contribution in [-0.4, -0.2) is 4.57 Å². The molecule has 0 amide bonds. The number of rotatable bonds is 0. The Morgan fingerprint density at radius 3 is 1.75 bits per heavy atom. The number of hydrogen-bond acceptors (Lipinski definition) is 1. The number of thiophene rings is 1. The second-order valence-corrected chi connectivity index (χ2v) is 13.4. The molecule has 0 saturated carbocycles. The molecule has 0 N–H and O–H groups in total. The molecule has 0 bridgehead atoms. The van der Waals surface area contributed by atoms with Crippen LogP contribution in [0.1, 0.15) is 36.1 Å². The molecule has 216 valence electrons. The Morgan fingerprint density at radius 1 is 0.500 bits per heavy atom. The maximum Gasteiger partial charge on any atom is 0.0488 e. The smallest absolute Gasteiger partial charge is 0.0488 e. The quantitative estimate of drug-likeness (QED) is 0.166. The van der Waals surface area contributed by atoms with Crippen LogP contribution in [0.4, 0.5) is 0 Å². The number of fused-ring (bicyclic) bond motifs is 9. The van der Waals surface area contributed by atoms with E-state index in [2.05, 4.69) is 173 Å². The van der Waals surface area contributed by atoms with Gasteiger partial charge < -0.3 is 4.57 Å². The van der Waals surface area contributed by atoms with E-state index in [1.165, 1.54) is 75.4 Å². The topological polar surface area (TPSA) is 4.93 Å². The highest BCUT2D eigenvalue weighted by molar-refractivity contribution is 7.25. The first-order chi connectivity index (χ1) is 21.4. The lowest BCUT2D eigenvalue weighted by atomic mass is 9.82. The van der Waals surface area contributed by atoms with Crippen LogP contribution in [0, 0.1) is 13.8 Å². The van der Waals surface area contributed by atoms with Crippen molar-refractivity contribution in [3.63, 3.8) is 0 Å². The molecule has 44 heavy (non-hydrogen) atoms. The molecule has 8 aromatic rings. The minimum Gasteiger partial charge on any atom is -0.344 e. The Kier molecular flexibility index (Phi) is 7.11. The molecule has 0 saturated heterocycles. The van der Waals surface area contributed by atoms with E-state index in [4.69, 9.17) is 0 Å². The average Bonchev–Trinajstić information content (AvgIpc) is 3.65. The zero-order valence-corrected chi connectivity index (χ0v) is 26.9. The van der Waals surface area contributed by atoms with Crippen LogP contribution >= 0.6 is 11.3 Å². The van der Waals surface area contributed by atoms with E-state index in [-0.39, 0.29) is 5.41 Å². The summed E-state index contributed by atoms with van der Waals surface area (Å²) in [5.74, 6) is 0. The summed E-state index contributed by atoms with van der Waals surface area (Å²) in [6.07, 6.45) is 0. The van der Waals surface area contributed by atoms with Crippen molar-refractivity contribution >= 4 is 53.3 Å². The molecule has 6 aromatic carbocycles. The van der Waals surface area contributed by atoms with Gasteiger partial charge in [-0.1, -0.05) is 123 Å². The summed E-state index contributed by atoms with van der Waals surface area (Å²) in [5, 5.41) is 5.50. The summed E-state index contributed by atoms with van der Waals surface area (Å²) < 4.78 is 5.02. The lowest BCUT2D eigenvalue weighted by molar-refractivity contribution is 0.660. The number of aryl methyl sites for hydroxylation is 3. The lowest BCUT2D eigenvalue weighted by Crippen LogP contribution is -2.14. The van der Waals surface area contributed by atoms with Crippen molar-refractivity contribution in [2.75, 3.05) is 0 Å². The van der Waals surface area contributed by atoms with Crippen LogP contribution in [0.5, 0.6) is 0 Å². The molecule has 0 fully saturated rings. The monoisotopic (exact) mass is 587 g/mol. The fraction of sp³-hybridized carbons (Fsp3) is 0.143. The minimum atomic E-state index is 0.151. The predicted octanol–water partition coefficient (Wildman–Crippen LogP) is 12.0. The molecule has 0 radical (unpaired) electrons. The summed E-state index contributed by atoms with van der Waals surface area (Å²) in [4.78, 5) is 0. The van der Waals surface area contributed by atoms with Gasteiger partial charge in [0.05, 0.1) is 0 Å². The van der Waals surface area contributed by atoms with Crippen LogP contribution in [0.15, 0.2) is 133 Å². The molecule has 2 heteroatoms. The van der Waals surface area contributed by atoms with Crippen LogP contribution in [0.2, 0.25) is 0 Å². The zero-order chi connectivity index (χ0) is 30.4. The van der Waals surface area contributed by atoms with Crippen molar-refractivity contribution in [3.05, 3.63) is 156 Å². The number of benzene rings is 6. The van der Waals surface area contributed by atoms with Crippen molar-refractivity contribution in [2.24, 2.45) is 7.05 Å². The molecule has 2 heterocycles. The molecule has 0 atom stereocenters. The average molecular weight is 588 g/mol. The van der Waals surface area contributed by atoms with Crippen LogP contribution in [0.3, 0.4) is 0 Å². The first-order valence-corrected chi connectivity index (χ1v) is 16.2. The number of para-hydroxylation sites is 2. The van der Waals surface area contributed by atoms with E-state index in [0.29, 0.717) is 0 Å². The van der Waals surface area contributed by atoms with Crippen molar-refractivity contribution in [3.8, 4) is 11.1 Å². The van der Waals surface area contributed by atoms with Gasteiger partial charge in [-0.2, -0.15) is 0 Å². The molecule has 1 aliphatic rings. The normalized spacial score (nSPS) is 12.8. The van der Waals surface area contributed by atoms with E-state index in [9.17, 15) is 0 Å². The third-order valence-electron chi connectivity index (χ3n) is 9.25. The zero-order valence-electron chi connectivity index (χ0n) is 26.1. The molecule has 2 aromatic heterocycles. The van der Waals surface area contributed by atoms with Crippen molar-refractivity contribution in [1.82, 2.24) is 4.57 Å². The SMILES string of the molecule is Cc1cccc2c1-c1ccccc1C2(C)C.Cc1cccc2sc3ccccc3c12.Cn1c2ccccc2c2ccccc21. The summed E-state index contributed by atoms with van der Waals surface area (Å²) in [7, 11) is 2.12. The van der Waals surface area contributed by atoms with Crippen LogP contribution < -0.4 is 0 Å². The molecular weight excluding hydrogens is 551 g/mol. The van der Waals surface area contributed by atoms with Gasteiger partial charge in [0.15, 0.2) is 0 Å². The van der Waals surface area contributed by atoms with Gasteiger partial charge in [-0.05, 0) is 71.5 Å². The predicted molar refractivity (Wildman–Crippen MR) is 193 cm³/mol. The molecule has 1 nitrogen and oxygen atoms in total. The van der Waals surface area contributed by atoms with Crippen molar-refractivity contribution in [1.29, 1.82) is 0 Å². The van der Waals surface area contributed by atoms with Gasteiger partial charge in [-0.15, -0.1) is 11.3 Å². The maximum absolute atomic E-state index is 2.32. The highest BCUT2D eigenvalue weighted by Gasteiger charge is 2.35. The minimum absolute atomic E-state index is 0.151. The standard InChI is InChI=1S/C16H16.C13H11N.C13H10S/c1-11-7-6-10-14-15(11)12-8-4-5-9-13(12)16(14,2)3;1-14-12-8-4-2-6-10(12)11-7-3-5-9-13(11)14;1-9-5-4-8-12-13(9)10-6-2-3-7-11(10)14-12/h4-10H,1-3H3;2-9H,1H3;2-8H,1H3. The summed E-state index contributed by atoms with van der Waals surface area (Å²) in [6, 6.07) is 47.6. The molecule has 0 spiro atoms. The van der Waals surface area contributed by atoms with Crippen molar-refractivity contribution in [2.45, 2.75) is 33.1 Å². The molecule has 1 aliphatic carbocycles. The third kappa shape index (κ3) is 4.62. The summed E-state index contributed by atoms with van der Waals surface area (Å²) in [5.41, 5.74) is 11.3. The van der Waals surface area contributed by atoms with Crippen molar-refractivity contribution < 1.29 is 0 Å². The van der Waals surface area contributed by atoms with Crippen LogP contribution in [-0.2, 0) is 12.5 Å². The second-order valence-electron chi connectivity index (χ2n) is 12.3. The highest BCUT2D eigenvalue weighted by Crippen LogP contribution is 2.49. The fourth-order valence-electron chi connectivity index (χ4n) is 7.01. The first kappa shape index (κ1) is 28.1. The first-order valence-electron chi connectivity index (χ1n) is 15.4. The van der Waals surface area contributed by atoms with E-state index in [1.807, 2.05) is 11.3 Å². The Bertz CT molecular complexity index is 2230. The van der Waals surface area contributed by atoms with Gasteiger partial charge in [0.25, 0.3) is 0 Å².